The lowest BCUT2D eigenvalue weighted by Gasteiger charge is -2.21. The van der Waals surface area contributed by atoms with Gasteiger partial charge in [-0.3, -0.25) is 9.59 Å². The second-order valence-corrected chi connectivity index (χ2v) is 6.33. The zero-order valence-corrected chi connectivity index (χ0v) is 14.6. The summed E-state index contributed by atoms with van der Waals surface area (Å²) in [6.07, 6.45) is 2.33. The predicted octanol–water partition coefficient (Wildman–Crippen LogP) is 3.01. The van der Waals surface area contributed by atoms with Gasteiger partial charge in [0, 0.05) is 13.1 Å². The molecular weight excluding hydrogens is 374 g/mol. The SMILES string of the molecule is O=C(CNC(=O)c1ccc(Br)o1)Nc1ccccc1N1CCCC1. The van der Waals surface area contributed by atoms with Crippen molar-refractivity contribution in [3.63, 3.8) is 0 Å². The van der Waals surface area contributed by atoms with Crippen molar-refractivity contribution in [3.8, 4) is 0 Å². The van der Waals surface area contributed by atoms with Crippen molar-refractivity contribution in [2.45, 2.75) is 12.8 Å². The first-order valence-electron chi connectivity index (χ1n) is 7.81. The second-order valence-electron chi connectivity index (χ2n) is 5.55. The molecule has 1 saturated heterocycles. The van der Waals surface area contributed by atoms with Crippen molar-refractivity contribution in [3.05, 3.63) is 46.8 Å². The quantitative estimate of drug-likeness (QED) is 0.821. The van der Waals surface area contributed by atoms with E-state index in [0.29, 0.717) is 4.67 Å². The summed E-state index contributed by atoms with van der Waals surface area (Å²) in [5, 5.41) is 5.41. The lowest BCUT2D eigenvalue weighted by Crippen LogP contribution is -2.33. The van der Waals surface area contributed by atoms with Crippen LogP contribution in [0.3, 0.4) is 0 Å². The lowest BCUT2D eigenvalue weighted by molar-refractivity contribution is -0.115. The molecule has 1 fully saturated rings. The number of nitrogens with one attached hydrogen (secondary N) is 2. The molecule has 0 radical (unpaired) electrons. The smallest absolute Gasteiger partial charge is 0.287 e. The van der Waals surface area contributed by atoms with Gasteiger partial charge < -0.3 is 20.0 Å². The van der Waals surface area contributed by atoms with Crippen LogP contribution < -0.4 is 15.5 Å². The number of hydrogen-bond acceptors (Lipinski definition) is 4. The summed E-state index contributed by atoms with van der Waals surface area (Å²) in [6, 6.07) is 10.9. The standard InChI is InChI=1S/C17H18BrN3O3/c18-15-8-7-14(24-15)17(23)19-11-16(22)20-12-5-1-2-6-13(12)21-9-3-4-10-21/h1-2,5-8H,3-4,9-11H2,(H,19,23)(H,20,22). The van der Waals surface area contributed by atoms with E-state index < -0.39 is 5.91 Å². The van der Waals surface area contributed by atoms with Crippen molar-refractivity contribution in [2.24, 2.45) is 0 Å². The molecule has 1 aliphatic heterocycles. The van der Waals surface area contributed by atoms with Crippen LogP contribution in [-0.4, -0.2) is 31.4 Å². The van der Waals surface area contributed by atoms with E-state index in [1.807, 2.05) is 24.3 Å². The molecule has 1 aromatic heterocycles. The molecular formula is C17H18BrN3O3. The predicted molar refractivity (Wildman–Crippen MR) is 95.3 cm³/mol. The number of furan rings is 1. The fraction of sp³-hybridized carbons (Fsp3) is 0.294. The van der Waals surface area contributed by atoms with E-state index in [-0.39, 0.29) is 18.2 Å². The van der Waals surface area contributed by atoms with Gasteiger partial charge in [-0.25, -0.2) is 0 Å². The molecule has 0 bridgehead atoms. The highest BCUT2D eigenvalue weighted by molar-refractivity contribution is 9.10. The topological polar surface area (TPSA) is 74.6 Å². The van der Waals surface area contributed by atoms with Crippen molar-refractivity contribution in [1.29, 1.82) is 0 Å². The number of carbonyl (C=O) groups is 2. The van der Waals surface area contributed by atoms with Crippen LogP contribution in [0.2, 0.25) is 0 Å². The fourth-order valence-electron chi connectivity index (χ4n) is 2.69. The number of hydrogen-bond donors (Lipinski definition) is 2. The Hall–Kier alpha value is -2.28. The normalized spacial score (nSPS) is 13.8. The minimum atomic E-state index is -0.427. The molecule has 7 heteroatoms. The summed E-state index contributed by atoms with van der Waals surface area (Å²) >= 11 is 3.13. The Balaban J connectivity index is 1.58. The van der Waals surface area contributed by atoms with E-state index in [1.165, 1.54) is 0 Å². The molecule has 0 unspecified atom stereocenters. The van der Waals surface area contributed by atoms with Gasteiger partial charge in [0.25, 0.3) is 5.91 Å². The van der Waals surface area contributed by atoms with E-state index in [4.69, 9.17) is 4.42 Å². The number of rotatable bonds is 5. The zero-order valence-electron chi connectivity index (χ0n) is 13.0. The maximum atomic E-state index is 12.1. The Labute approximate surface area is 148 Å². The van der Waals surface area contributed by atoms with Gasteiger partial charge in [-0.05, 0) is 53.0 Å². The van der Waals surface area contributed by atoms with E-state index in [1.54, 1.807) is 12.1 Å². The van der Waals surface area contributed by atoms with Crippen LogP contribution in [0.5, 0.6) is 0 Å². The molecule has 126 valence electrons. The van der Waals surface area contributed by atoms with Crippen LogP contribution in [0.15, 0.2) is 45.5 Å². The van der Waals surface area contributed by atoms with Crippen LogP contribution in [0.25, 0.3) is 0 Å². The molecule has 24 heavy (non-hydrogen) atoms. The van der Waals surface area contributed by atoms with Gasteiger partial charge in [-0.2, -0.15) is 0 Å². The average Bonchev–Trinajstić information content (AvgIpc) is 3.25. The van der Waals surface area contributed by atoms with Crippen molar-refractivity contribution < 1.29 is 14.0 Å². The van der Waals surface area contributed by atoms with E-state index in [2.05, 4.69) is 31.5 Å². The van der Waals surface area contributed by atoms with Gasteiger partial charge in [0.1, 0.15) is 0 Å². The van der Waals surface area contributed by atoms with Crippen LogP contribution >= 0.6 is 15.9 Å². The molecule has 0 aliphatic carbocycles. The molecule has 2 heterocycles. The Kier molecular flexibility index (Phi) is 5.20. The first-order valence-corrected chi connectivity index (χ1v) is 8.60. The Morgan fingerprint density at radius 3 is 2.58 bits per heavy atom. The molecule has 1 aromatic carbocycles. The molecule has 6 nitrogen and oxygen atoms in total. The highest BCUT2D eigenvalue weighted by atomic mass is 79.9. The first kappa shape index (κ1) is 16.6. The lowest BCUT2D eigenvalue weighted by atomic mass is 10.2. The maximum absolute atomic E-state index is 12.1. The van der Waals surface area contributed by atoms with Crippen LogP contribution in [0, 0.1) is 0 Å². The molecule has 0 saturated carbocycles. The molecule has 2 N–H and O–H groups in total. The third-order valence-corrected chi connectivity index (χ3v) is 4.26. The van der Waals surface area contributed by atoms with Crippen LogP contribution in [0.4, 0.5) is 11.4 Å². The third kappa shape index (κ3) is 3.97. The molecule has 2 aromatic rings. The molecule has 0 spiro atoms. The summed E-state index contributed by atoms with van der Waals surface area (Å²) in [5.41, 5.74) is 1.78. The van der Waals surface area contributed by atoms with Gasteiger partial charge >= 0.3 is 0 Å². The number of halogens is 1. The summed E-state index contributed by atoms with van der Waals surface area (Å²) in [5.74, 6) is -0.545. The number of carbonyl (C=O) groups excluding carboxylic acids is 2. The molecule has 2 amide bonds. The number of nitrogens with zero attached hydrogens (tertiary/aromatic N) is 1. The van der Waals surface area contributed by atoms with Crippen LogP contribution in [-0.2, 0) is 4.79 Å². The van der Waals surface area contributed by atoms with Gasteiger partial charge in [-0.15, -0.1) is 0 Å². The third-order valence-electron chi connectivity index (χ3n) is 3.83. The Morgan fingerprint density at radius 1 is 1.12 bits per heavy atom. The van der Waals surface area contributed by atoms with Crippen molar-refractivity contribution in [2.75, 3.05) is 29.9 Å². The molecule has 1 aliphatic rings. The minimum absolute atomic E-state index is 0.120. The highest BCUT2D eigenvalue weighted by Crippen LogP contribution is 2.28. The number of amides is 2. The fourth-order valence-corrected chi connectivity index (χ4v) is 3.00. The highest BCUT2D eigenvalue weighted by Gasteiger charge is 2.17. The van der Waals surface area contributed by atoms with E-state index >= 15 is 0 Å². The van der Waals surface area contributed by atoms with Gasteiger partial charge in [0.15, 0.2) is 10.4 Å². The number of anilines is 2. The summed E-state index contributed by atoms with van der Waals surface area (Å²) in [7, 11) is 0. The van der Waals surface area contributed by atoms with Gasteiger partial charge in [0.05, 0.1) is 17.9 Å². The number of benzene rings is 1. The maximum Gasteiger partial charge on any atom is 0.287 e. The van der Waals surface area contributed by atoms with Gasteiger partial charge in [-0.1, -0.05) is 12.1 Å². The van der Waals surface area contributed by atoms with Gasteiger partial charge in [0.2, 0.25) is 5.91 Å². The first-order chi connectivity index (χ1) is 11.6. The van der Waals surface area contributed by atoms with Crippen molar-refractivity contribution >= 4 is 39.1 Å². The zero-order chi connectivity index (χ0) is 16.9. The summed E-state index contributed by atoms with van der Waals surface area (Å²) < 4.78 is 5.62. The molecule has 0 atom stereocenters. The summed E-state index contributed by atoms with van der Waals surface area (Å²) in [6.45, 7) is 1.87. The number of para-hydroxylation sites is 2. The van der Waals surface area contributed by atoms with E-state index in [9.17, 15) is 9.59 Å². The Bertz CT molecular complexity index is 738. The Morgan fingerprint density at radius 2 is 1.88 bits per heavy atom. The average molecular weight is 392 g/mol. The monoisotopic (exact) mass is 391 g/mol. The van der Waals surface area contributed by atoms with Crippen LogP contribution in [0.1, 0.15) is 23.4 Å². The molecule has 3 rings (SSSR count). The van der Waals surface area contributed by atoms with E-state index in [0.717, 1.165) is 37.3 Å². The largest absolute Gasteiger partial charge is 0.444 e. The minimum Gasteiger partial charge on any atom is -0.444 e. The summed E-state index contributed by atoms with van der Waals surface area (Å²) in [4.78, 5) is 26.3. The van der Waals surface area contributed by atoms with Crippen molar-refractivity contribution in [1.82, 2.24) is 5.32 Å². The second kappa shape index (κ2) is 7.53.